The molecule has 3 heterocycles. The van der Waals surface area contributed by atoms with Crippen LogP contribution < -0.4 is 5.32 Å². The molecule has 1 aliphatic rings. The number of nitro groups is 1. The average molecular weight is 483 g/mol. The lowest BCUT2D eigenvalue weighted by Gasteiger charge is -2.12. The fourth-order valence-electron chi connectivity index (χ4n) is 3.47. The highest BCUT2D eigenvalue weighted by molar-refractivity contribution is 7.15. The summed E-state index contributed by atoms with van der Waals surface area (Å²) in [6, 6.07) is 10.9. The molecule has 0 bridgehead atoms. The summed E-state index contributed by atoms with van der Waals surface area (Å²) in [5.41, 5.74) is 0.664. The summed E-state index contributed by atoms with van der Waals surface area (Å²) >= 11 is 7.24. The summed E-state index contributed by atoms with van der Waals surface area (Å²) in [6.07, 6.45) is 0. The number of thiazole rings is 1. The molecule has 0 spiro atoms. The summed E-state index contributed by atoms with van der Waals surface area (Å²) in [7, 11) is 0. The summed E-state index contributed by atoms with van der Waals surface area (Å²) < 4.78 is 1.55. The van der Waals surface area contributed by atoms with E-state index in [4.69, 9.17) is 11.6 Å². The molecular formula is C20H11ClN6O5S. The lowest BCUT2D eigenvalue weighted by Crippen LogP contribution is -2.37. The molecule has 0 atom stereocenters. The van der Waals surface area contributed by atoms with Crippen LogP contribution in [0.25, 0.3) is 16.2 Å². The first-order valence-electron chi connectivity index (χ1n) is 9.37. The molecule has 0 radical (unpaired) electrons. The number of nitrogens with one attached hydrogen (secondary N) is 1. The van der Waals surface area contributed by atoms with Gasteiger partial charge in [0.1, 0.15) is 12.1 Å². The number of aromatic nitrogens is 3. The first-order valence-corrected chi connectivity index (χ1v) is 10.6. The number of hydrogen-bond acceptors (Lipinski definition) is 8. The van der Waals surface area contributed by atoms with E-state index in [0.29, 0.717) is 14.9 Å². The smallest absolute Gasteiger partial charge is 0.282 e. The number of nitro benzene ring substituents is 1. The molecule has 5 rings (SSSR count). The molecule has 1 aliphatic heterocycles. The number of imide groups is 1. The number of benzene rings is 2. The van der Waals surface area contributed by atoms with Gasteiger partial charge in [-0.15, -0.1) is 16.4 Å². The van der Waals surface area contributed by atoms with Crippen LogP contribution in [0.2, 0.25) is 5.02 Å². The van der Waals surface area contributed by atoms with Crippen molar-refractivity contribution in [2.75, 3.05) is 11.9 Å². The zero-order chi connectivity index (χ0) is 23.3. The van der Waals surface area contributed by atoms with Crippen LogP contribution in [0.15, 0.2) is 47.8 Å². The molecule has 3 amide bonds. The molecule has 1 N–H and O–H groups in total. The van der Waals surface area contributed by atoms with Gasteiger partial charge in [0.25, 0.3) is 23.5 Å². The van der Waals surface area contributed by atoms with Crippen LogP contribution in [0.5, 0.6) is 0 Å². The number of fused-ring (bicyclic) bond motifs is 2. The quantitative estimate of drug-likeness (QED) is 0.261. The fourth-order valence-corrected chi connectivity index (χ4v) is 4.43. The third kappa shape index (κ3) is 3.50. The van der Waals surface area contributed by atoms with Crippen molar-refractivity contribution in [1.82, 2.24) is 19.5 Å². The van der Waals surface area contributed by atoms with Crippen molar-refractivity contribution < 1.29 is 19.3 Å². The average Bonchev–Trinajstić information content (AvgIpc) is 3.42. The Morgan fingerprint density at radius 3 is 2.64 bits per heavy atom. The number of carbonyl (C=O) groups excluding carboxylic acids is 3. The number of carbonyl (C=O) groups is 3. The molecule has 0 saturated carbocycles. The number of anilines is 1. The van der Waals surface area contributed by atoms with Crippen LogP contribution in [-0.2, 0) is 4.79 Å². The summed E-state index contributed by atoms with van der Waals surface area (Å²) in [5, 5.41) is 20.4. The van der Waals surface area contributed by atoms with Crippen molar-refractivity contribution >= 4 is 57.3 Å². The molecule has 164 valence electrons. The SMILES string of the molecule is O=C(CN1C(=O)c2cccc([N+](=O)[O-])c2C1=O)Nc1nc2scc(-c3ccc(Cl)cc3)n2n1. The van der Waals surface area contributed by atoms with Gasteiger partial charge in [-0.05, 0) is 18.2 Å². The van der Waals surface area contributed by atoms with E-state index in [9.17, 15) is 24.5 Å². The van der Waals surface area contributed by atoms with Crippen molar-refractivity contribution in [3.05, 3.63) is 74.1 Å². The van der Waals surface area contributed by atoms with Crippen LogP contribution >= 0.6 is 22.9 Å². The highest BCUT2D eigenvalue weighted by Crippen LogP contribution is 2.31. The van der Waals surface area contributed by atoms with E-state index in [-0.39, 0.29) is 17.1 Å². The monoisotopic (exact) mass is 482 g/mol. The molecular weight excluding hydrogens is 472 g/mol. The Bertz CT molecular complexity index is 1480. The van der Waals surface area contributed by atoms with Crippen LogP contribution in [-0.4, -0.2) is 48.7 Å². The van der Waals surface area contributed by atoms with Gasteiger partial charge < -0.3 is 0 Å². The minimum atomic E-state index is -0.902. The van der Waals surface area contributed by atoms with Crippen LogP contribution in [0.3, 0.4) is 0 Å². The fraction of sp³-hybridized carbons (Fsp3) is 0.0500. The second-order valence-corrected chi connectivity index (χ2v) is 8.23. The van der Waals surface area contributed by atoms with E-state index in [0.717, 1.165) is 17.3 Å². The minimum Gasteiger partial charge on any atom is -0.292 e. The third-order valence-corrected chi connectivity index (χ3v) is 6.02. The van der Waals surface area contributed by atoms with Crippen molar-refractivity contribution in [3.63, 3.8) is 0 Å². The van der Waals surface area contributed by atoms with E-state index in [1.807, 2.05) is 17.5 Å². The maximum absolute atomic E-state index is 12.6. The molecule has 0 aliphatic carbocycles. The van der Waals surface area contributed by atoms with Crippen molar-refractivity contribution in [3.8, 4) is 11.3 Å². The van der Waals surface area contributed by atoms with Gasteiger partial charge in [-0.3, -0.25) is 34.7 Å². The third-order valence-electron chi connectivity index (χ3n) is 4.95. The van der Waals surface area contributed by atoms with Crippen molar-refractivity contribution in [2.45, 2.75) is 0 Å². The zero-order valence-electron chi connectivity index (χ0n) is 16.4. The molecule has 2 aromatic heterocycles. The number of rotatable bonds is 5. The largest absolute Gasteiger partial charge is 0.292 e. The Balaban J connectivity index is 1.35. The van der Waals surface area contributed by atoms with Crippen molar-refractivity contribution in [1.29, 1.82) is 0 Å². The van der Waals surface area contributed by atoms with Gasteiger partial charge in [-0.25, -0.2) is 4.52 Å². The van der Waals surface area contributed by atoms with E-state index in [2.05, 4.69) is 15.4 Å². The topological polar surface area (TPSA) is 140 Å². The maximum Gasteiger partial charge on any atom is 0.282 e. The zero-order valence-corrected chi connectivity index (χ0v) is 18.0. The number of halogens is 1. The Morgan fingerprint density at radius 1 is 1.15 bits per heavy atom. The number of amides is 3. The summed E-state index contributed by atoms with van der Waals surface area (Å²) in [4.78, 5) is 53.6. The Labute approximate surface area is 193 Å². The van der Waals surface area contributed by atoms with E-state index < -0.39 is 34.9 Å². The predicted molar refractivity (Wildman–Crippen MR) is 118 cm³/mol. The normalized spacial score (nSPS) is 12.9. The van der Waals surface area contributed by atoms with Crippen LogP contribution in [0.1, 0.15) is 20.7 Å². The highest BCUT2D eigenvalue weighted by Gasteiger charge is 2.41. The second-order valence-electron chi connectivity index (χ2n) is 6.96. The predicted octanol–water partition coefficient (Wildman–Crippen LogP) is 3.25. The highest BCUT2D eigenvalue weighted by atomic mass is 35.5. The Kier molecular flexibility index (Phi) is 4.87. The minimum absolute atomic E-state index is 0.00958. The van der Waals surface area contributed by atoms with E-state index >= 15 is 0 Å². The second kappa shape index (κ2) is 7.76. The van der Waals surface area contributed by atoms with Gasteiger partial charge in [0.05, 0.1) is 16.2 Å². The van der Waals surface area contributed by atoms with Crippen LogP contribution in [0.4, 0.5) is 11.6 Å². The first-order chi connectivity index (χ1) is 15.8. The van der Waals surface area contributed by atoms with Gasteiger partial charge in [0.2, 0.25) is 10.9 Å². The van der Waals surface area contributed by atoms with Gasteiger partial charge in [0.15, 0.2) is 0 Å². The van der Waals surface area contributed by atoms with Crippen molar-refractivity contribution in [2.24, 2.45) is 0 Å². The van der Waals surface area contributed by atoms with Gasteiger partial charge in [-0.2, -0.15) is 4.98 Å². The summed E-state index contributed by atoms with van der Waals surface area (Å²) in [5.74, 6) is -2.41. The molecule has 33 heavy (non-hydrogen) atoms. The molecule has 0 fully saturated rings. The Hall–Kier alpha value is -4.16. The van der Waals surface area contributed by atoms with E-state index in [1.165, 1.54) is 23.5 Å². The van der Waals surface area contributed by atoms with Gasteiger partial charge >= 0.3 is 0 Å². The number of nitrogens with zero attached hydrogens (tertiary/aromatic N) is 5. The number of hydrogen-bond donors (Lipinski definition) is 1. The molecule has 4 aromatic rings. The van der Waals surface area contributed by atoms with E-state index in [1.54, 1.807) is 16.6 Å². The standard InChI is InChI=1S/C20H11ClN6O5S/c21-11-6-4-10(5-7-11)14-9-33-20-23-19(24-26(14)20)22-15(28)8-25-17(29)12-2-1-3-13(27(31)32)16(12)18(25)30/h1-7,9H,8H2,(H,22,24,28). The first kappa shape index (κ1) is 20.7. The molecule has 0 unspecified atom stereocenters. The molecule has 2 aromatic carbocycles. The molecule has 11 nitrogen and oxygen atoms in total. The molecule has 13 heteroatoms. The van der Waals surface area contributed by atoms with Crippen LogP contribution in [0, 0.1) is 10.1 Å². The van der Waals surface area contributed by atoms with Gasteiger partial charge in [0, 0.05) is 22.0 Å². The summed E-state index contributed by atoms with van der Waals surface area (Å²) in [6.45, 7) is -0.638. The molecule has 0 saturated heterocycles. The van der Waals surface area contributed by atoms with Gasteiger partial charge in [-0.1, -0.05) is 29.8 Å². The lowest BCUT2D eigenvalue weighted by molar-refractivity contribution is -0.385. The maximum atomic E-state index is 12.6. The Morgan fingerprint density at radius 2 is 1.91 bits per heavy atom. The lowest BCUT2D eigenvalue weighted by atomic mass is 10.1.